The molecule has 1 saturated heterocycles. The van der Waals surface area contributed by atoms with Crippen molar-refractivity contribution in [3.63, 3.8) is 0 Å². The lowest BCUT2D eigenvalue weighted by atomic mass is 10.0. The van der Waals surface area contributed by atoms with Gasteiger partial charge in [-0.05, 0) is 62.6 Å². The van der Waals surface area contributed by atoms with Gasteiger partial charge in [0, 0.05) is 35.8 Å². The molecule has 1 unspecified atom stereocenters. The van der Waals surface area contributed by atoms with Crippen LogP contribution in [0.5, 0.6) is 11.6 Å². The number of fused-ring (bicyclic) bond motifs is 1. The molecule has 11 heteroatoms. The van der Waals surface area contributed by atoms with E-state index in [1.807, 2.05) is 56.3 Å². The molecule has 3 heterocycles. The molecule has 4 aromatic rings. The van der Waals surface area contributed by atoms with Gasteiger partial charge in [0.1, 0.15) is 5.75 Å². The van der Waals surface area contributed by atoms with Crippen molar-refractivity contribution in [2.45, 2.75) is 39.2 Å². The van der Waals surface area contributed by atoms with Gasteiger partial charge in [0.05, 0.1) is 22.7 Å². The minimum absolute atomic E-state index is 0. The quantitative estimate of drug-likeness (QED) is 0.241. The summed E-state index contributed by atoms with van der Waals surface area (Å²) in [6, 6.07) is 15.2. The Balaban J connectivity index is 0.00000353. The Morgan fingerprint density at radius 1 is 1.05 bits per heavy atom. The van der Waals surface area contributed by atoms with Crippen LogP contribution < -0.4 is 20.1 Å². The van der Waals surface area contributed by atoms with Crippen molar-refractivity contribution >= 4 is 44.8 Å². The van der Waals surface area contributed by atoms with Gasteiger partial charge >= 0.3 is 0 Å². The van der Waals surface area contributed by atoms with Crippen molar-refractivity contribution < 1.29 is 13.2 Å². The monoisotopic (exact) mass is 568 g/mol. The number of aryl methyl sites for hydroxylation is 1. The molecule has 1 fully saturated rings. The van der Waals surface area contributed by atoms with Crippen molar-refractivity contribution in [3.8, 4) is 22.9 Å². The first-order valence-electron chi connectivity index (χ1n) is 12.9. The maximum atomic E-state index is 12.5. The molecule has 0 saturated carbocycles. The van der Waals surface area contributed by atoms with Gasteiger partial charge < -0.3 is 15.4 Å². The standard InChI is InChI=1S/C28H32N6O3S.ClH/c1-3-17-38(35,36)34-25-10-4-8-22-21(25)12-11-19(2)26(22)37-27-23(9-6-15-30-27)24-13-16-31-28(33-24)32-20-7-5-14-29-18-20;/h4,6,8-13,15-16,20,29,34H,3,5,7,14,17-18H2,1-2H3,(H,31,32,33);1H. The Hall–Kier alpha value is -3.47. The summed E-state index contributed by atoms with van der Waals surface area (Å²) in [6.07, 6.45) is 6.13. The molecule has 1 atom stereocenters. The molecule has 1 aliphatic heterocycles. The first-order valence-corrected chi connectivity index (χ1v) is 14.5. The van der Waals surface area contributed by atoms with E-state index < -0.39 is 10.0 Å². The molecule has 0 radical (unpaired) electrons. The van der Waals surface area contributed by atoms with Crippen LogP contribution in [0.3, 0.4) is 0 Å². The highest BCUT2D eigenvalue weighted by Crippen LogP contribution is 2.38. The summed E-state index contributed by atoms with van der Waals surface area (Å²) in [5.74, 6) is 1.64. The average Bonchev–Trinajstić information content (AvgIpc) is 2.91. The minimum atomic E-state index is -3.44. The zero-order chi connectivity index (χ0) is 26.5. The number of aromatic nitrogens is 3. The molecular formula is C28H33ClN6O3S. The van der Waals surface area contributed by atoms with E-state index in [0.717, 1.165) is 47.8 Å². The smallest absolute Gasteiger partial charge is 0.232 e. The number of sulfonamides is 1. The maximum Gasteiger partial charge on any atom is 0.232 e. The number of ether oxygens (including phenoxy) is 1. The van der Waals surface area contributed by atoms with Gasteiger partial charge in [-0.1, -0.05) is 31.2 Å². The van der Waals surface area contributed by atoms with Gasteiger partial charge in [-0.2, -0.15) is 0 Å². The maximum absolute atomic E-state index is 12.5. The van der Waals surface area contributed by atoms with Crippen LogP contribution in [0.25, 0.3) is 22.0 Å². The summed E-state index contributed by atoms with van der Waals surface area (Å²) >= 11 is 0. The summed E-state index contributed by atoms with van der Waals surface area (Å²) in [7, 11) is -3.44. The molecule has 0 bridgehead atoms. The fourth-order valence-corrected chi connectivity index (χ4v) is 5.80. The molecule has 0 spiro atoms. The van der Waals surface area contributed by atoms with E-state index in [4.69, 9.17) is 9.72 Å². The second-order valence-corrected chi connectivity index (χ2v) is 11.3. The summed E-state index contributed by atoms with van der Waals surface area (Å²) in [5.41, 5.74) is 2.85. The van der Waals surface area contributed by atoms with Crippen LogP contribution in [0, 0.1) is 6.92 Å². The highest BCUT2D eigenvalue weighted by Gasteiger charge is 2.18. The molecule has 2 aromatic carbocycles. The van der Waals surface area contributed by atoms with Gasteiger partial charge in [-0.3, -0.25) is 4.72 Å². The predicted molar refractivity (Wildman–Crippen MR) is 158 cm³/mol. The number of hydrogen-bond donors (Lipinski definition) is 3. The zero-order valence-electron chi connectivity index (χ0n) is 22.0. The zero-order valence-corrected chi connectivity index (χ0v) is 23.6. The molecule has 1 aliphatic rings. The van der Waals surface area contributed by atoms with Gasteiger partial charge in [0.2, 0.25) is 21.9 Å². The number of nitrogens with one attached hydrogen (secondary N) is 3. The molecular weight excluding hydrogens is 536 g/mol. The number of nitrogens with zero attached hydrogens (tertiary/aromatic N) is 3. The van der Waals surface area contributed by atoms with E-state index in [9.17, 15) is 8.42 Å². The van der Waals surface area contributed by atoms with Crippen LogP contribution in [-0.2, 0) is 10.0 Å². The number of benzene rings is 2. The number of halogens is 1. The summed E-state index contributed by atoms with van der Waals surface area (Å²) in [4.78, 5) is 13.7. The van der Waals surface area contributed by atoms with Crippen molar-refractivity contribution in [2.24, 2.45) is 0 Å². The van der Waals surface area contributed by atoms with Crippen LogP contribution in [0.2, 0.25) is 0 Å². The highest BCUT2D eigenvalue weighted by atomic mass is 35.5. The molecule has 206 valence electrons. The van der Waals surface area contributed by atoms with Gasteiger partial charge in [0.15, 0.2) is 0 Å². The third-order valence-electron chi connectivity index (χ3n) is 6.48. The summed E-state index contributed by atoms with van der Waals surface area (Å²) in [6.45, 7) is 5.71. The lowest BCUT2D eigenvalue weighted by Crippen LogP contribution is -2.38. The molecule has 0 aliphatic carbocycles. The summed E-state index contributed by atoms with van der Waals surface area (Å²) < 4.78 is 34.1. The summed E-state index contributed by atoms with van der Waals surface area (Å²) in [5, 5.41) is 8.35. The predicted octanol–water partition coefficient (Wildman–Crippen LogP) is 5.53. The Kier molecular flexibility index (Phi) is 9.21. The highest BCUT2D eigenvalue weighted by molar-refractivity contribution is 7.92. The third kappa shape index (κ3) is 6.76. The van der Waals surface area contributed by atoms with Crippen molar-refractivity contribution in [1.29, 1.82) is 0 Å². The topological polar surface area (TPSA) is 118 Å². The Morgan fingerprint density at radius 3 is 2.72 bits per heavy atom. The lowest BCUT2D eigenvalue weighted by Gasteiger charge is -2.23. The number of hydrogen-bond acceptors (Lipinski definition) is 8. The Labute approximate surface area is 235 Å². The second kappa shape index (κ2) is 12.6. The van der Waals surface area contributed by atoms with Crippen LogP contribution in [-0.4, -0.2) is 48.3 Å². The Morgan fingerprint density at radius 2 is 1.92 bits per heavy atom. The number of pyridine rings is 1. The molecule has 39 heavy (non-hydrogen) atoms. The molecule has 9 nitrogen and oxygen atoms in total. The molecule has 5 rings (SSSR count). The van der Waals surface area contributed by atoms with E-state index in [-0.39, 0.29) is 24.2 Å². The molecule has 2 aromatic heterocycles. The van der Waals surface area contributed by atoms with Crippen molar-refractivity contribution in [2.75, 3.05) is 28.9 Å². The van der Waals surface area contributed by atoms with Crippen LogP contribution in [0.15, 0.2) is 60.9 Å². The van der Waals surface area contributed by atoms with Gasteiger partial charge in [-0.15, -0.1) is 12.4 Å². The lowest BCUT2D eigenvalue weighted by molar-refractivity contribution is 0.466. The number of anilines is 2. The van der Waals surface area contributed by atoms with E-state index in [1.165, 1.54) is 0 Å². The van der Waals surface area contributed by atoms with Crippen molar-refractivity contribution in [3.05, 3.63) is 66.5 Å². The van der Waals surface area contributed by atoms with E-state index in [1.54, 1.807) is 18.5 Å². The molecule has 0 amide bonds. The van der Waals surface area contributed by atoms with Crippen LogP contribution in [0.1, 0.15) is 31.7 Å². The van der Waals surface area contributed by atoms with Crippen LogP contribution in [0.4, 0.5) is 11.6 Å². The van der Waals surface area contributed by atoms with Crippen molar-refractivity contribution in [1.82, 2.24) is 20.3 Å². The normalized spacial score (nSPS) is 15.4. The number of piperidine rings is 1. The minimum Gasteiger partial charge on any atom is -0.437 e. The third-order valence-corrected chi connectivity index (χ3v) is 7.96. The van der Waals surface area contributed by atoms with E-state index >= 15 is 0 Å². The number of rotatable bonds is 9. The fourth-order valence-electron chi connectivity index (χ4n) is 4.65. The first-order chi connectivity index (χ1) is 18.4. The van der Waals surface area contributed by atoms with Gasteiger partial charge in [-0.25, -0.2) is 23.4 Å². The van der Waals surface area contributed by atoms with E-state index in [2.05, 4.69) is 25.3 Å². The Bertz CT molecular complexity index is 1540. The molecule has 3 N–H and O–H groups in total. The largest absolute Gasteiger partial charge is 0.437 e. The van der Waals surface area contributed by atoms with Crippen LogP contribution >= 0.6 is 12.4 Å². The average molecular weight is 569 g/mol. The SMILES string of the molecule is CCCS(=O)(=O)Nc1cccc2c(Oc3ncccc3-c3ccnc(NC4CCCNC4)n3)c(C)ccc12.Cl. The first kappa shape index (κ1) is 28.5. The van der Waals surface area contributed by atoms with E-state index in [0.29, 0.717) is 35.4 Å². The van der Waals surface area contributed by atoms with Gasteiger partial charge in [0.25, 0.3) is 0 Å². The fraction of sp³-hybridized carbons (Fsp3) is 0.321. The second-order valence-electron chi connectivity index (χ2n) is 9.44.